The van der Waals surface area contributed by atoms with E-state index in [2.05, 4.69) is 5.32 Å². The van der Waals surface area contributed by atoms with Gasteiger partial charge in [-0.25, -0.2) is 0 Å². The van der Waals surface area contributed by atoms with Gasteiger partial charge in [-0.15, -0.1) is 11.3 Å². The molecule has 1 N–H and O–H groups in total. The lowest BCUT2D eigenvalue weighted by Gasteiger charge is -2.14. The standard InChI is InChI=1S/C19H16N2O4S3/c22-16(20-13-7-5-12(6-8-13)18(24)25)4-1-9-21-17(23)15(28-19(21)26)11-14-3-2-10-27-14/h2-3,5-8,10-11H,1,4,9H2,(H,20,22)(H,24,25)/p-1. The fourth-order valence-corrected chi connectivity index (χ4v) is 4.54. The number of thiocarbonyl (C=S) groups is 1. The third kappa shape index (κ3) is 5.06. The lowest BCUT2D eigenvalue weighted by atomic mass is 10.2. The van der Waals surface area contributed by atoms with E-state index in [0.29, 0.717) is 27.9 Å². The number of hydrogen-bond donors (Lipinski definition) is 1. The average molecular weight is 432 g/mol. The van der Waals surface area contributed by atoms with Gasteiger partial charge in [-0.3, -0.25) is 14.5 Å². The number of carbonyl (C=O) groups is 3. The fraction of sp³-hybridized carbons (Fsp3) is 0.158. The molecular weight excluding hydrogens is 416 g/mol. The summed E-state index contributed by atoms with van der Waals surface area (Å²) in [5, 5.41) is 15.4. The van der Waals surface area contributed by atoms with Crippen LogP contribution in [0.4, 0.5) is 5.69 Å². The molecule has 9 heteroatoms. The Bertz CT molecular complexity index is 937. The summed E-state index contributed by atoms with van der Waals surface area (Å²) in [4.78, 5) is 38.4. The number of thiophene rings is 1. The van der Waals surface area contributed by atoms with Gasteiger partial charge in [-0.1, -0.05) is 42.2 Å². The molecule has 6 nitrogen and oxygen atoms in total. The Labute approximate surface area is 175 Å². The van der Waals surface area contributed by atoms with Crippen molar-refractivity contribution in [1.29, 1.82) is 0 Å². The summed E-state index contributed by atoms with van der Waals surface area (Å²) in [7, 11) is 0. The van der Waals surface area contributed by atoms with Gasteiger partial charge in [0.15, 0.2) is 0 Å². The summed E-state index contributed by atoms with van der Waals surface area (Å²) in [6.07, 6.45) is 2.50. The van der Waals surface area contributed by atoms with Gasteiger partial charge in [0, 0.05) is 23.5 Å². The van der Waals surface area contributed by atoms with Crippen LogP contribution in [0.3, 0.4) is 0 Å². The smallest absolute Gasteiger partial charge is 0.266 e. The van der Waals surface area contributed by atoms with Crippen LogP contribution in [-0.4, -0.2) is 33.5 Å². The summed E-state index contributed by atoms with van der Waals surface area (Å²) in [6.45, 7) is 0.365. The minimum atomic E-state index is -1.27. The van der Waals surface area contributed by atoms with E-state index in [1.165, 1.54) is 40.9 Å². The van der Waals surface area contributed by atoms with Gasteiger partial charge in [0.1, 0.15) is 4.32 Å². The summed E-state index contributed by atoms with van der Waals surface area (Å²) in [5.41, 5.74) is 0.544. The van der Waals surface area contributed by atoms with Crippen molar-refractivity contribution in [3.05, 3.63) is 57.1 Å². The summed E-state index contributed by atoms with van der Waals surface area (Å²) >= 11 is 8.10. The molecule has 144 valence electrons. The van der Waals surface area contributed by atoms with Crippen molar-refractivity contribution < 1.29 is 19.5 Å². The molecule has 0 radical (unpaired) electrons. The molecule has 0 aliphatic carbocycles. The van der Waals surface area contributed by atoms with E-state index in [1.54, 1.807) is 11.3 Å². The van der Waals surface area contributed by atoms with E-state index in [4.69, 9.17) is 12.2 Å². The predicted molar refractivity (Wildman–Crippen MR) is 113 cm³/mol. The SMILES string of the molecule is O=C(CCCN1C(=O)C(=Cc2cccs2)SC1=S)Nc1ccc(C(=O)[O-])cc1. The molecular formula is C19H15N2O4S3-. The number of amides is 2. The maximum atomic E-state index is 12.5. The first-order chi connectivity index (χ1) is 13.4. The van der Waals surface area contributed by atoms with Crippen LogP contribution in [0.15, 0.2) is 46.7 Å². The molecule has 0 unspecified atom stereocenters. The van der Waals surface area contributed by atoms with Crippen molar-refractivity contribution >= 4 is 69.2 Å². The second-order valence-electron chi connectivity index (χ2n) is 5.87. The Morgan fingerprint density at radius 3 is 2.61 bits per heavy atom. The maximum absolute atomic E-state index is 12.5. The Morgan fingerprint density at radius 1 is 1.21 bits per heavy atom. The largest absolute Gasteiger partial charge is 0.545 e. The van der Waals surface area contributed by atoms with Crippen molar-refractivity contribution in [2.75, 3.05) is 11.9 Å². The molecule has 3 rings (SSSR count). The highest BCUT2D eigenvalue weighted by molar-refractivity contribution is 8.26. The van der Waals surface area contributed by atoms with Crippen LogP contribution < -0.4 is 10.4 Å². The Morgan fingerprint density at radius 2 is 1.96 bits per heavy atom. The molecule has 0 saturated carbocycles. The van der Waals surface area contributed by atoms with Crippen molar-refractivity contribution in [3.63, 3.8) is 0 Å². The van der Waals surface area contributed by atoms with Crippen LogP contribution in [0.1, 0.15) is 28.1 Å². The lowest BCUT2D eigenvalue weighted by Crippen LogP contribution is -2.29. The zero-order valence-corrected chi connectivity index (χ0v) is 17.0. The molecule has 0 bridgehead atoms. The average Bonchev–Trinajstić information content (AvgIpc) is 3.26. The molecule has 1 aliphatic rings. The fourth-order valence-electron chi connectivity index (χ4n) is 2.51. The highest BCUT2D eigenvalue weighted by Crippen LogP contribution is 2.33. The molecule has 0 spiro atoms. The van der Waals surface area contributed by atoms with Gasteiger partial charge < -0.3 is 15.2 Å². The van der Waals surface area contributed by atoms with Gasteiger partial charge in [0.25, 0.3) is 5.91 Å². The monoisotopic (exact) mass is 431 g/mol. The molecule has 2 aromatic rings. The third-order valence-corrected chi connectivity index (χ3v) is 6.08. The number of hydrogen-bond acceptors (Lipinski definition) is 7. The highest BCUT2D eigenvalue weighted by atomic mass is 32.2. The maximum Gasteiger partial charge on any atom is 0.266 e. The number of rotatable bonds is 7. The van der Waals surface area contributed by atoms with Crippen molar-refractivity contribution in [1.82, 2.24) is 4.90 Å². The van der Waals surface area contributed by atoms with Gasteiger partial charge in [0.2, 0.25) is 5.91 Å². The van der Waals surface area contributed by atoms with Gasteiger partial charge >= 0.3 is 0 Å². The van der Waals surface area contributed by atoms with Crippen LogP contribution in [0, 0.1) is 0 Å². The number of benzene rings is 1. The molecule has 1 aromatic carbocycles. The second-order valence-corrected chi connectivity index (χ2v) is 8.52. The summed E-state index contributed by atoms with van der Waals surface area (Å²) in [5.74, 6) is -1.63. The van der Waals surface area contributed by atoms with Crippen molar-refractivity contribution in [2.24, 2.45) is 0 Å². The number of carboxylic acid groups (broad SMARTS) is 1. The summed E-state index contributed by atoms with van der Waals surface area (Å²) < 4.78 is 0.492. The number of carbonyl (C=O) groups excluding carboxylic acids is 3. The molecule has 2 amide bonds. The van der Waals surface area contributed by atoms with E-state index < -0.39 is 5.97 Å². The quantitative estimate of drug-likeness (QED) is 0.536. The minimum absolute atomic E-state index is 0.0444. The van der Waals surface area contributed by atoms with Crippen LogP contribution in [-0.2, 0) is 9.59 Å². The van der Waals surface area contributed by atoms with Gasteiger partial charge in [-0.2, -0.15) is 0 Å². The Kier molecular flexibility index (Phi) is 6.61. The number of nitrogens with one attached hydrogen (secondary N) is 1. The normalized spacial score (nSPS) is 15.3. The molecule has 2 heterocycles. The number of aromatic carboxylic acids is 1. The zero-order valence-electron chi connectivity index (χ0n) is 14.5. The number of anilines is 1. The second kappa shape index (κ2) is 9.13. The minimum Gasteiger partial charge on any atom is -0.545 e. The molecule has 1 aliphatic heterocycles. The number of carboxylic acids is 1. The summed E-state index contributed by atoms with van der Waals surface area (Å²) in [6, 6.07) is 9.58. The third-order valence-electron chi connectivity index (χ3n) is 3.88. The van der Waals surface area contributed by atoms with Crippen LogP contribution in [0.25, 0.3) is 6.08 Å². The first-order valence-electron chi connectivity index (χ1n) is 8.34. The van der Waals surface area contributed by atoms with E-state index in [0.717, 1.165) is 4.88 Å². The van der Waals surface area contributed by atoms with Gasteiger partial charge in [-0.05, 0) is 41.6 Å². The first kappa shape index (κ1) is 20.2. The van der Waals surface area contributed by atoms with Gasteiger partial charge in [0.05, 0.1) is 10.9 Å². The molecule has 1 aromatic heterocycles. The Balaban J connectivity index is 1.49. The van der Waals surface area contributed by atoms with E-state index in [1.807, 2.05) is 23.6 Å². The highest BCUT2D eigenvalue weighted by Gasteiger charge is 2.31. The van der Waals surface area contributed by atoms with Crippen LogP contribution >= 0.6 is 35.3 Å². The molecule has 1 fully saturated rings. The van der Waals surface area contributed by atoms with E-state index in [9.17, 15) is 19.5 Å². The topological polar surface area (TPSA) is 89.5 Å². The molecule has 1 saturated heterocycles. The zero-order chi connectivity index (χ0) is 20.1. The van der Waals surface area contributed by atoms with Crippen LogP contribution in [0.2, 0.25) is 0 Å². The number of nitrogens with zero attached hydrogens (tertiary/aromatic N) is 1. The lowest BCUT2D eigenvalue weighted by molar-refractivity contribution is -0.255. The predicted octanol–water partition coefficient (Wildman–Crippen LogP) is 2.73. The first-order valence-corrected chi connectivity index (χ1v) is 10.4. The van der Waals surface area contributed by atoms with Crippen molar-refractivity contribution in [3.8, 4) is 0 Å². The van der Waals surface area contributed by atoms with Crippen LogP contribution in [0.5, 0.6) is 0 Å². The van der Waals surface area contributed by atoms with E-state index >= 15 is 0 Å². The Hall–Kier alpha value is -2.49. The molecule has 0 atom stereocenters. The van der Waals surface area contributed by atoms with Crippen molar-refractivity contribution in [2.45, 2.75) is 12.8 Å². The molecule has 28 heavy (non-hydrogen) atoms. The van der Waals surface area contributed by atoms with E-state index in [-0.39, 0.29) is 23.8 Å². The number of thioether (sulfide) groups is 1.